The molecule has 8 nitrogen and oxygen atoms in total. The third-order valence-electron chi connectivity index (χ3n) is 3.07. The molecule has 0 radical (unpaired) electrons. The molecule has 19 heavy (non-hydrogen) atoms. The number of imidazole rings is 1. The molecule has 1 aromatic heterocycles. The van der Waals surface area contributed by atoms with Gasteiger partial charge in [-0.1, -0.05) is 0 Å². The van der Waals surface area contributed by atoms with Crippen molar-refractivity contribution < 1.29 is 24.2 Å². The number of rotatable bonds is 3. The first-order valence-corrected chi connectivity index (χ1v) is 5.68. The number of nitrogens with zero attached hydrogens (tertiary/aromatic N) is 2. The zero-order chi connectivity index (χ0) is 14.0. The number of nitrogens with one attached hydrogen (secondary N) is 1. The van der Waals surface area contributed by atoms with Gasteiger partial charge in [-0.3, -0.25) is 9.59 Å². The number of carbonyl (C=O) groups excluding carboxylic acids is 2. The fraction of sp³-hybridized carbons (Fsp3) is 0.455. The highest BCUT2D eigenvalue weighted by Gasteiger charge is 2.34. The minimum atomic E-state index is -1.25. The van der Waals surface area contributed by atoms with Crippen molar-refractivity contribution in [3.05, 3.63) is 17.7 Å². The molecule has 1 aliphatic rings. The number of likely N-dealkylation sites (tertiary alicyclic amines) is 1. The Morgan fingerprint density at radius 1 is 1.53 bits per heavy atom. The van der Waals surface area contributed by atoms with Gasteiger partial charge in [-0.25, -0.2) is 9.78 Å². The molecule has 1 atom stereocenters. The maximum absolute atomic E-state index is 12.1. The number of methoxy groups -OCH3 is 1. The number of aromatic carboxylic acids is 1. The van der Waals surface area contributed by atoms with E-state index in [0.717, 1.165) is 6.33 Å². The first-order chi connectivity index (χ1) is 9.04. The standard InChI is InChI=1S/C11H13N3O5/c1-19-11(18)6-2-3-14(4-6)9(15)7-8(10(16)17)13-5-12-7/h5-6H,2-4H2,1H3,(H,12,13)(H,16,17). The van der Waals surface area contributed by atoms with Crippen LogP contribution in [0.5, 0.6) is 0 Å². The van der Waals surface area contributed by atoms with Gasteiger partial charge in [-0.2, -0.15) is 0 Å². The number of carboxylic acids is 1. The van der Waals surface area contributed by atoms with Gasteiger partial charge >= 0.3 is 11.9 Å². The zero-order valence-electron chi connectivity index (χ0n) is 10.3. The molecule has 2 rings (SSSR count). The van der Waals surface area contributed by atoms with Crippen LogP contribution in [-0.2, 0) is 9.53 Å². The van der Waals surface area contributed by atoms with Gasteiger partial charge in [-0.05, 0) is 6.42 Å². The molecule has 2 N–H and O–H groups in total. The number of hydrogen-bond donors (Lipinski definition) is 2. The van der Waals surface area contributed by atoms with Crippen LogP contribution in [0.25, 0.3) is 0 Å². The van der Waals surface area contributed by atoms with Crippen molar-refractivity contribution in [2.24, 2.45) is 5.92 Å². The third kappa shape index (κ3) is 2.42. The van der Waals surface area contributed by atoms with Crippen LogP contribution in [0.1, 0.15) is 27.4 Å². The number of carboxylic acid groups (broad SMARTS) is 1. The van der Waals surface area contributed by atoms with E-state index in [1.54, 1.807) is 0 Å². The summed E-state index contributed by atoms with van der Waals surface area (Å²) in [5.74, 6) is -2.47. The van der Waals surface area contributed by atoms with Crippen molar-refractivity contribution in [1.82, 2.24) is 14.9 Å². The summed E-state index contributed by atoms with van der Waals surface area (Å²) in [5, 5.41) is 8.91. The summed E-state index contributed by atoms with van der Waals surface area (Å²) in [5.41, 5.74) is -0.385. The fourth-order valence-corrected chi connectivity index (χ4v) is 2.07. The highest BCUT2D eigenvalue weighted by molar-refractivity contribution is 6.02. The maximum atomic E-state index is 12.1. The van der Waals surface area contributed by atoms with Crippen LogP contribution in [0, 0.1) is 5.92 Å². The lowest BCUT2D eigenvalue weighted by molar-refractivity contribution is -0.144. The predicted octanol–water partition coefficient (Wildman–Crippen LogP) is -0.257. The molecule has 8 heteroatoms. The van der Waals surface area contributed by atoms with E-state index in [9.17, 15) is 14.4 Å². The predicted molar refractivity (Wildman–Crippen MR) is 61.6 cm³/mol. The zero-order valence-corrected chi connectivity index (χ0v) is 10.3. The summed E-state index contributed by atoms with van der Waals surface area (Å²) in [4.78, 5) is 41.9. The SMILES string of the molecule is COC(=O)C1CCN(C(=O)c2nc[nH]c2C(=O)O)C1. The Balaban J connectivity index is 2.11. The van der Waals surface area contributed by atoms with E-state index >= 15 is 0 Å². The van der Waals surface area contributed by atoms with Crippen LogP contribution in [0.4, 0.5) is 0 Å². The highest BCUT2D eigenvalue weighted by Crippen LogP contribution is 2.20. The van der Waals surface area contributed by atoms with Gasteiger partial charge in [-0.15, -0.1) is 0 Å². The van der Waals surface area contributed by atoms with E-state index in [0.29, 0.717) is 13.0 Å². The summed E-state index contributed by atoms with van der Waals surface area (Å²) in [7, 11) is 1.29. The van der Waals surface area contributed by atoms with E-state index in [4.69, 9.17) is 5.11 Å². The van der Waals surface area contributed by atoms with E-state index in [-0.39, 0.29) is 29.8 Å². The Morgan fingerprint density at radius 3 is 2.89 bits per heavy atom. The average molecular weight is 267 g/mol. The number of H-pyrrole nitrogens is 1. The third-order valence-corrected chi connectivity index (χ3v) is 3.07. The van der Waals surface area contributed by atoms with Crippen molar-refractivity contribution in [2.45, 2.75) is 6.42 Å². The molecule has 1 unspecified atom stereocenters. The fourth-order valence-electron chi connectivity index (χ4n) is 2.07. The van der Waals surface area contributed by atoms with Crippen LogP contribution in [0.15, 0.2) is 6.33 Å². The van der Waals surface area contributed by atoms with E-state index in [1.807, 2.05) is 0 Å². The molecular formula is C11H13N3O5. The molecule has 1 fully saturated rings. The molecule has 1 aromatic rings. The molecular weight excluding hydrogens is 254 g/mol. The Hall–Kier alpha value is -2.38. The number of esters is 1. The van der Waals surface area contributed by atoms with Gasteiger partial charge in [0.05, 0.1) is 19.4 Å². The molecule has 0 spiro atoms. The number of ether oxygens (including phenoxy) is 1. The maximum Gasteiger partial charge on any atom is 0.354 e. The molecule has 0 aromatic carbocycles. The van der Waals surface area contributed by atoms with Crippen molar-refractivity contribution in [3.8, 4) is 0 Å². The van der Waals surface area contributed by atoms with E-state index in [1.165, 1.54) is 12.0 Å². The number of aromatic nitrogens is 2. The Kier molecular flexibility index (Phi) is 3.50. The van der Waals surface area contributed by atoms with Crippen molar-refractivity contribution >= 4 is 17.8 Å². The molecule has 0 saturated carbocycles. The molecule has 1 saturated heterocycles. The van der Waals surface area contributed by atoms with Gasteiger partial charge in [0, 0.05) is 13.1 Å². The first kappa shape index (κ1) is 13.1. The lowest BCUT2D eigenvalue weighted by Gasteiger charge is -2.14. The lowest BCUT2D eigenvalue weighted by atomic mass is 10.1. The van der Waals surface area contributed by atoms with Crippen molar-refractivity contribution in [2.75, 3.05) is 20.2 Å². The van der Waals surface area contributed by atoms with Crippen molar-refractivity contribution in [3.63, 3.8) is 0 Å². The monoisotopic (exact) mass is 267 g/mol. The van der Waals surface area contributed by atoms with Crippen LogP contribution in [0.2, 0.25) is 0 Å². The van der Waals surface area contributed by atoms with Gasteiger partial charge in [0.15, 0.2) is 11.4 Å². The number of aromatic amines is 1. The van der Waals surface area contributed by atoms with Crippen LogP contribution in [-0.4, -0.2) is 58.0 Å². The van der Waals surface area contributed by atoms with Crippen LogP contribution in [0.3, 0.4) is 0 Å². The topological polar surface area (TPSA) is 113 Å². The van der Waals surface area contributed by atoms with Gasteiger partial charge in [0.2, 0.25) is 0 Å². The summed E-state index contributed by atoms with van der Waals surface area (Å²) in [6, 6.07) is 0. The average Bonchev–Trinajstić information content (AvgIpc) is 3.05. The molecule has 0 bridgehead atoms. The summed E-state index contributed by atoms with van der Waals surface area (Å²) >= 11 is 0. The molecule has 2 heterocycles. The largest absolute Gasteiger partial charge is 0.477 e. The highest BCUT2D eigenvalue weighted by atomic mass is 16.5. The first-order valence-electron chi connectivity index (χ1n) is 5.68. The smallest absolute Gasteiger partial charge is 0.354 e. The quantitative estimate of drug-likeness (QED) is 0.730. The normalized spacial score (nSPS) is 18.4. The molecule has 0 aliphatic carbocycles. The van der Waals surface area contributed by atoms with Crippen LogP contribution < -0.4 is 0 Å². The van der Waals surface area contributed by atoms with Gasteiger partial charge in [0.25, 0.3) is 5.91 Å². The summed E-state index contributed by atoms with van der Waals surface area (Å²) in [6.45, 7) is 0.599. The minimum absolute atomic E-state index is 0.141. The van der Waals surface area contributed by atoms with Gasteiger partial charge < -0.3 is 19.7 Å². The molecule has 102 valence electrons. The summed E-state index contributed by atoms with van der Waals surface area (Å²) in [6.07, 6.45) is 1.66. The second-order valence-electron chi connectivity index (χ2n) is 4.19. The Morgan fingerprint density at radius 2 is 2.26 bits per heavy atom. The Labute approximate surface area is 108 Å². The number of hydrogen-bond acceptors (Lipinski definition) is 5. The van der Waals surface area contributed by atoms with Gasteiger partial charge in [0.1, 0.15) is 0 Å². The van der Waals surface area contributed by atoms with Crippen molar-refractivity contribution in [1.29, 1.82) is 0 Å². The number of carbonyl (C=O) groups is 3. The lowest BCUT2D eigenvalue weighted by Crippen LogP contribution is -2.31. The second-order valence-corrected chi connectivity index (χ2v) is 4.19. The van der Waals surface area contributed by atoms with E-state index in [2.05, 4.69) is 14.7 Å². The molecule has 1 amide bonds. The minimum Gasteiger partial charge on any atom is -0.477 e. The van der Waals surface area contributed by atoms with Crippen LogP contribution >= 0.6 is 0 Å². The number of amides is 1. The molecule has 1 aliphatic heterocycles. The Bertz CT molecular complexity index is 524. The summed E-state index contributed by atoms with van der Waals surface area (Å²) < 4.78 is 4.62. The second kappa shape index (κ2) is 5.09. The van der Waals surface area contributed by atoms with E-state index < -0.39 is 11.9 Å².